The summed E-state index contributed by atoms with van der Waals surface area (Å²) in [5, 5.41) is 2.69. The Kier molecular flexibility index (Phi) is 4.14. The number of aromatic nitrogens is 2. The van der Waals surface area contributed by atoms with Gasteiger partial charge in [0.15, 0.2) is 0 Å². The van der Waals surface area contributed by atoms with Gasteiger partial charge < -0.3 is 10.3 Å². The van der Waals surface area contributed by atoms with Gasteiger partial charge >= 0.3 is 6.18 Å². The highest BCUT2D eigenvalue weighted by molar-refractivity contribution is 5.81. The Morgan fingerprint density at radius 1 is 1.32 bits per heavy atom. The van der Waals surface area contributed by atoms with Gasteiger partial charge in [0.05, 0.1) is 12.7 Å². The van der Waals surface area contributed by atoms with Crippen LogP contribution in [-0.4, -0.2) is 15.9 Å². The number of carbonyl (C=O) groups excluding carboxylic acids is 1. The highest BCUT2D eigenvalue weighted by Gasteiger charge is 2.47. The molecule has 4 nitrogen and oxygen atoms in total. The van der Waals surface area contributed by atoms with Crippen molar-refractivity contribution in [3.05, 3.63) is 17.7 Å². The molecule has 0 spiro atoms. The molecule has 2 saturated carbocycles. The van der Waals surface area contributed by atoms with Gasteiger partial charge in [0, 0.05) is 5.92 Å². The minimum Gasteiger partial charge on any atom is -0.349 e. The third-order valence-electron chi connectivity index (χ3n) is 4.80. The first-order valence-corrected chi connectivity index (χ1v) is 7.84. The Labute approximate surface area is 126 Å². The number of nitrogens with zero attached hydrogens (tertiary/aromatic N) is 1. The van der Waals surface area contributed by atoms with Gasteiger partial charge in [-0.1, -0.05) is 32.1 Å². The molecule has 1 aromatic rings. The highest BCUT2D eigenvalue weighted by Crippen LogP contribution is 2.49. The second-order valence-corrected chi connectivity index (χ2v) is 6.36. The standard InChI is InChI=1S/C15H20F3N3O/c16-15(17,18)12-7-19-13(21-12)8-20-14(22)11-6-10(11)9-4-2-1-3-5-9/h7,9-11H,1-6,8H2,(H,19,21)(H,20,22)/t10-,11+/m0/s1. The Hall–Kier alpha value is -1.53. The molecule has 0 aliphatic heterocycles. The number of H-pyrrole nitrogens is 1. The smallest absolute Gasteiger partial charge is 0.349 e. The van der Waals surface area contributed by atoms with E-state index in [0.717, 1.165) is 12.6 Å². The quantitative estimate of drug-likeness (QED) is 0.896. The number of aromatic amines is 1. The normalized spacial score (nSPS) is 26.0. The highest BCUT2D eigenvalue weighted by atomic mass is 19.4. The molecular weight excluding hydrogens is 295 g/mol. The number of alkyl halides is 3. The first-order chi connectivity index (χ1) is 10.4. The van der Waals surface area contributed by atoms with E-state index in [-0.39, 0.29) is 24.2 Å². The van der Waals surface area contributed by atoms with Crippen LogP contribution in [0.5, 0.6) is 0 Å². The maximum atomic E-state index is 12.4. The van der Waals surface area contributed by atoms with Crippen molar-refractivity contribution in [2.24, 2.45) is 17.8 Å². The summed E-state index contributed by atoms with van der Waals surface area (Å²) in [6.07, 6.45) is 3.46. The van der Waals surface area contributed by atoms with Crippen LogP contribution in [0.3, 0.4) is 0 Å². The van der Waals surface area contributed by atoms with Gasteiger partial charge in [0.25, 0.3) is 0 Å². The fourth-order valence-electron chi connectivity index (χ4n) is 3.50. The minimum atomic E-state index is -4.43. The van der Waals surface area contributed by atoms with Crippen LogP contribution in [-0.2, 0) is 17.5 Å². The first kappa shape index (κ1) is 15.4. The van der Waals surface area contributed by atoms with E-state index in [9.17, 15) is 18.0 Å². The molecule has 22 heavy (non-hydrogen) atoms. The minimum absolute atomic E-state index is 0.0167. The van der Waals surface area contributed by atoms with E-state index in [1.54, 1.807) is 0 Å². The summed E-state index contributed by atoms with van der Waals surface area (Å²) in [7, 11) is 0. The Morgan fingerprint density at radius 3 is 2.68 bits per heavy atom. The van der Waals surface area contributed by atoms with Crippen molar-refractivity contribution >= 4 is 5.91 Å². The van der Waals surface area contributed by atoms with E-state index in [2.05, 4.69) is 15.3 Å². The van der Waals surface area contributed by atoms with E-state index in [1.807, 2.05) is 0 Å². The monoisotopic (exact) mass is 315 g/mol. The van der Waals surface area contributed by atoms with E-state index >= 15 is 0 Å². The van der Waals surface area contributed by atoms with Crippen LogP contribution in [0.4, 0.5) is 13.2 Å². The predicted molar refractivity (Wildman–Crippen MR) is 73.6 cm³/mol. The lowest BCUT2D eigenvalue weighted by Gasteiger charge is -2.21. The summed E-state index contributed by atoms with van der Waals surface area (Å²) >= 11 is 0. The molecule has 1 aromatic heterocycles. The summed E-state index contributed by atoms with van der Waals surface area (Å²) in [6.45, 7) is 0.0167. The van der Waals surface area contributed by atoms with Crippen LogP contribution in [0.15, 0.2) is 6.20 Å². The molecule has 7 heteroatoms. The zero-order chi connectivity index (χ0) is 15.7. The van der Waals surface area contributed by atoms with Crippen molar-refractivity contribution in [3.8, 4) is 0 Å². The summed E-state index contributed by atoms with van der Waals surface area (Å²) in [5.74, 6) is 1.25. The second-order valence-electron chi connectivity index (χ2n) is 6.36. The molecule has 0 unspecified atom stereocenters. The maximum absolute atomic E-state index is 12.4. The average molecular weight is 315 g/mol. The number of hydrogen-bond acceptors (Lipinski definition) is 2. The fourth-order valence-corrected chi connectivity index (χ4v) is 3.50. The molecule has 1 amide bonds. The molecule has 2 aliphatic rings. The molecule has 3 rings (SSSR count). The van der Waals surface area contributed by atoms with Gasteiger partial charge in [-0.05, 0) is 18.3 Å². The van der Waals surface area contributed by atoms with Crippen molar-refractivity contribution in [3.63, 3.8) is 0 Å². The van der Waals surface area contributed by atoms with Crippen molar-refractivity contribution in [1.29, 1.82) is 0 Å². The molecule has 0 saturated heterocycles. The topological polar surface area (TPSA) is 57.8 Å². The summed E-state index contributed by atoms with van der Waals surface area (Å²) in [5.41, 5.74) is -0.886. The molecule has 122 valence electrons. The van der Waals surface area contributed by atoms with E-state index in [1.165, 1.54) is 32.1 Å². The third kappa shape index (κ3) is 3.44. The Balaban J connectivity index is 1.46. The maximum Gasteiger partial charge on any atom is 0.432 e. The van der Waals surface area contributed by atoms with E-state index < -0.39 is 11.9 Å². The van der Waals surface area contributed by atoms with Crippen molar-refractivity contribution < 1.29 is 18.0 Å². The van der Waals surface area contributed by atoms with Gasteiger partial charge in [0.2, 0.25) is 5.91 Å². The summed E-state index contributed by atoms with van der Waals surface area (Å²) < 4.78 is 37.3. The van der Waals surface area contributed by atoms with Gasteiger partial charge in [-0.15, -0.1) is 0 Å². The summed E-state index contributed by atoms with van der Waals surface area (Å²) in [6, 6.07) is 0. The zero-order valence-electron chi connectivity index (χ0n) is 12.2. The molecular formula is C15H20F3N3O. The third-order valence-corrected chi connectivity index (χ3v) is 4.80. The van der Waals surface area contributed by atoms with Gasteiger partial charge in [-0.3, -0.25) is 4.79 Å². The fraction of sp³-hybridized carbons (Fsp3) is 0.733. The van der Waals surface area contributed by atoms with Gasteiger partial charge in [0.1, 0.15) is 11.5 Å². The van der Waals surface area contributed by atoms with Crippen LogP contribution < -0.4 is 5.32 Å². The van der Waals surface area contributed by atoms with Crippen molar-refractivity contribution in [1.82, 2.24) is 15.3 Å². The number of hydrogen-bond donors (Lipinski definition) is 2. The largest absolute Gasteiger partial charge is 0.432 e. The first-order valence-electron chi connectivity index (χ1n) is 7.84. The molecule has 0 bridgehead atoms. The van der Waals surface area contributed by atoms with Crippen LogP contribution in [0.25, 0.3) is 0 Å². The van der Waals surface area contributed by atoms with Crippen LogP contribution in [0.1, 0.15) is 50.0 Å². The molecule has 1 heterocycles. The average Bonchev–Trinajstić information content (AvgIpc) is 3.14. The Morgan fingerprint density at radius 2 is 2.05 bits per heavy atom. The van der Waals surface area contributed by atoms with Crippen LogP contribution >= 0.6 is 0 Å². The van der Waals surface area contributed by atoms with Crippen molar-refractivity contribution in [2.45, 2.75) is 51.2 Å². The van der Waals surface area contributed by atoms with E-state index in [0.29, 0.717) is 11.8 Å². The van der Waals surface area contributed by atoms with Crippen molar-refractivity contribution in [2.75, 3.05) is 0 Å². The SMILES string of the molecule is O=C(NCc1ncc(C(F)(F)F)[nH]1)[C@@H]1C[C@H]1C1CCCCC1. The molecule has 0 radical (unpaired) electrons. The molecule has 0 aromatic carbocycles. The lowest BCUT2D eigenvalue weighted by atomic mass is 9.85. The summed E-state index contributed by atoms with van der Waals surface area (Å²) in [4.78, 5) is 17.9. The number of rotatable bonds is 4. The molecule has 2 N–H and O–H groups in total. The Bertz CT molecular complexity index is 534. The van der Waals surface area contributed by atoms with Crippen LogP contribution in [0.2, 0.25) is 0 Å². The van der Waals surface area contributed by atoms with E-state index in [4.69, 9.17) is 0 Å². The molecule has 2 aliphatic carbocycles. The number of imidazole rings is 1. The number of amides is 1. The predicted octanol–water partition coefficient (Wildman–Crippen LogP) is 3.26. The lowest BCUT2D eigenvalue weighted by molar-refractivity contribution is -0.140. The lowest BCUT2D eigenvalue weighted by Crippen LogP contribution is -2.26. The number of carbonyl (C=O) groups is 1. The zero-order valence-corrected chi connectivity index (χ0v) is 12.2. The van der Waals surface area contributed by atoms with Gasteiger partial charge in [-0.2, -0.15) is 13.2 Å². The van der Waals surface area contributed by atoms with Crippen LogP contribution in [0, 0.1) is 17.8 Å². The van der Waals surface area contributed by atoms with Gasteiger partial charge in [-0.25, -0.2) is 4.98 Å². The number of halogens is 3. The second kappa shape index (κ2) is 5.93. The number of nitrogens with one attached hydrogen (secondary N) is 2. The molecule has 2 fully saturated rings. The molecule has 2 atom stereocenters.